The summed E-state index contributed by atoms with van der Waals surface area (Å²) in [5.74, 6) is 1.97. The third-order valence-corrected chi connectivity index (χ3v) is 7.00. The lowest BCUT2D eigenvalue weighted by Gasteiger charge is -2.55. The SMILES string of the molecule is CCC(=O)NCC(=O)N1C[C@@H]2C[C@H](C1)[C@@H]1CCC[C@H](c3ccc(OC)cc3)N1C2. The van der Waals surface area contributed by atoms with E-state index in [4.69, 9.17) is 4.74 Å². The van der Waals surface area contributed by atoms with Crippen molar-refractivity contribution >= 4 is 11.8 Å². The van der Waals surface area contributed by atoms with Gasteiger partial charge in [-0.2, -0.15) is 0 Å². The zero-order chi connectivity index (χ0) is 20.4. The normalized spacial score (nSPS) is 29.1. The molecule has 0 unspecified atom stereocenters. The Morgan fingerprint density at radius 2 is 1.93 bits per heavy atom. The topological polar surface area (TPSA) is 61.9 Å². The van der Waals surface area contributed by atoms with E-state index in [9.17, 15) is 9.59 Å². The number of benzene rings is 1. The molecule has 1 aromatic rings. The number of methoxy groups -OCH3 is 1. The number of carbonyl (C=O) groups is 2. The van der Waals surface area contributed by atoms with Crippen LogP contribution in [0, 0.1) is 11.8 Å². The second-order valence-electron chi connectivity index (χ2n) is 8.77. The van der Waals surface area contributed by atoms with Crippen LogP contribution in [0.2, 0.25) is 0 Å². The Hall–Kier alpha value is -2.08. The third kappa shape index (κ3) is 4.27. The fourth-order valence-corrected chi connectivity index (χ4v) is 5.61. The summed E-state index contributed by atoms with van der Waals surface area (Å²) in [6.07, 6.45) is 5.30. The van der Waals surface area contributed by atoms with Crippen LogP contribution in [0.3, 0.4) is 0 Å². The van der Waals surface area contributed by atoms with Crippen molar-refractivity contribution in [2.24, 2.45) is 11.8 Å². The standard InChI is InChI=1S/C23H33N3O3/c1-3-22(27)24-12-23(28)25-13-16-11-18(15-25)21-6-4-5-20(26(21)14-16)17-7-9-19(29-2)10-8-17/h7-10,16,18,20-21H,3-6,11-15H2,1-2H3,(H,24,27)/t16-,18+,20+,21-/m0/s1. The molecular formula is C23H33N3O3. The van der Waals surface area contributed by atoms with Crippen LogP contribution in [-0.2, 0) is 9.59 Å². The van der Waals surface area contributed by atoms with E-state index in [1.807, 2.05) is 11.8 Å². The molecule has 6 heteroatoms. The van der Waals surface area contributed by atoms with Crippen LogP contribution >= 0.6 is 0 Å². The first-order valence-electron chi connectivity index (χ1n) is 11.0. The largest absolute Gasteiger partial charge is 0.497 e. The van der Waals surface area contributed by atoms with Crippen LogP contribution in [0.1, 0.15) is 50.6 Å². The van der Waals surface area contributed by atoms with Gasteiger partial charge in [-0.3, -0.25) is 14.5 Å². The highest BCUT2D eigenvalue weighted by molar-refractivity contribution is 5.84. The molecule has 4 atom stereocenters. The van der Waals surface area contributed by atoms with Gasteiger partial charge >= 0.3 is 0 Å². The Kier molecular flexibility index (Phi) is 6.09. The summed E-state index contributed by atoms with van der Waals surface area (Å²) < 4.78 is 5.32. The fraction of sp³-hybridized carbons (Fsp3) is 0.652. The highest BCUT2D eigenvalue weighted by atomic mass is 16.5. The molecule has 1 aromatic carbocycles. The number of rotatable bonds is 5. The molecule has 0 aromatic heterocycles. The molecule has 3 fully saturated rings. The zero-order valence-corrected chi connectivity index (χ0v) is 17.6. The van der Waals surface area contributed by atoms with E-state index in [0.717, 1.165) is 25.4 Å². The van der Waals surface area contributed by atoms with E-state index in [1.54, 1.807) is 7.11 Å². The van der Waals surface area contributed by atoms with Crippen molar-refractivity contribution in [1.82, 2.24) is 15.1 Å². The lowest BCUT2D eigenvalue weighted by molar-refractivity contribution is -0.139. The quantitative estimate of drug-likeness (QED) is 0.827. The van der Waals surface area contributed by atoms with Crippen LogP contribution in [0.4, 0.5) is 0 Å². The van der Waals surface area contributed by atoms with Gasteiger partial charge < -0.3 is 15.0 Å². The van der Waals surface area contributed by atoms with Crippen molar-refractivity contribution in [3.63, 3.8) is 0 Å². The number of hydrogen-bond acceptors (Lipinski definition) is 4. The Bertz CT molecular complexity index is 735. The van der Waals surface area contributed by atoms with Crippen LogP contribution < -0.4 is 10.1 Å². The summed E-state index contributed by atoms with van der Waals surface area (Å²) >= 11 is 0. The van der Waals surface area contributed by atoms with Gasteiger partial charge in [-0.1, -0.05) is 19.1 Å². The van der Waals surface area contributed by atoms with Crippen LogP contribution in [0.5, 0.6) is 5.75 Å². The van der Waals surface area contributed by atoms with Gasteiger partial charge in [0.15, 0.2) is 0 Å². The van der Waals surface area contributed by atoms with Crippen molar-refractivity contribution < 1.29 is 14.3 Å². The van der Waals surface area contributed by atoms with Crippen molar-refractivity contribution in [3.05, 3.63) is 29.8 Å². The van der Waals surface area contributed by atoms with Gasteiger partial charge in [0.25, 0.3) is 0 Å². The maximum atomic E-state index is 12.6. The molecule has 2 bridgehead atoms. The number of ether oxygens (including phenoxy) is 1. The summed E-state index contributed by atoms with van der Waals surface area (Å²) in [7, 11) is 1.71. The van der Waals surface area contributed by atoms with Crippen LogP contribution in [0.25, 0.3) is 0 Å². The molecule has 3 saturated heterocycles. The Morgan fingerprint density at radius 1 is 1.14 bits per heavy atom. The number of hydrogen-bond donors (Lipinski definition) is 1. The van der Waals surface area contributed by atoms with Gasteiger partial charge in [-0.15, -0.1) is 0 Å². The predicted molar refractivity (Wildman–Crippen MR) is 112 cm³/mol. The number of nitrogens with zero attached hydrogens (tertiary/aromatic N) is 2. The van der Waals surface area contributed by atoms with Crippen molar-refractivity contribution in [1.29, 1.82) is 0 Å². The molecule has 6 nitrogen and oxygen atoms in total. The molecule has 0 radical (unpaired) electrons. The summed E-state index contributed by atoms with van der Waals surface area (Å²) in [5.41, 5.74) is 1.38. The lowest BCUT2D eigenvalue weighted by atomic mass is 9.74. The molecular weight excluding hydrogens is 366 g/mol. The van der Waals surface area contributed by atoms with Crippen molar-refractivity contribution in [2.45, 2.75) is 51.1 Å². The van der Waals surface area contributed by atoms with Crippen molar-refractivity contribution in [2.75, 3.05) is 33.3 Å². The van der Waals surface area contributed by atoms with E-state index < -0.39 is 0 Å². The second-order valence-corrected chi connectivity index (χ2v) is 8.77. The van der Waals surface area contributed by atoms with Gasteiger partial charge in [0, 0.05) is 38.1 Å². The summed E-state index contributed by atoms with van der Waals surface area (Å²) in [6.45, 7) is 4.64. The smallest absolute Gasteiger partial charge is 0.241 e. The molecule has 0 aliphatic carbocycles. The first-order chi connectivity index (χ1) is 14.1. The molecule has 158 valence electrons. The molecule has 3 heterocycles. The molecule has 0 saturated carbocycles. The molecule has 4 rings (SSSR count). The van der Waals surface area contributed by atoms with Gasteiger partial charge in [-0.05, 0) is 55.2 Å². The molecule has 29 heavy (non-hydrogen) atoms. The van der Waals surface area contributed by atoms with E-state index in [0.29, 0.717) is 30.3 Å². The highest BCUT2D eigenvalue weighted by Gasteiger charge is 2.45. The lowest BCUT2D eigenvalue weighted by Crippen LogP contribution is -2.61. The van der Waals surface area contributed by atoms with Gasteiger partial charge in [-0.25, -0.2) is 0 Å². The van der Waals surface area contributed by atoms with E-state index in [2.05, 4.69) is 34.5 Å². The third-order valence-electron chi connectivity index (χ3n) is 7.00. The maximum absolute atomic E-state index is 12.6. The Labute approximate surface area is 173 Å². The number of amides is 2. The summed E-state index contributed by atoms with van der Waals surface area (Å²) in [5, 5.41) is 2.74. The molecule has 0 spiro atoms. The van der Waals surface area contributed by atoms with Crippen LogP contribution in [-0.4, -0.2) is 60.9 Å². The minimum Gasteiger partial charge on any atom is -0.497 e. The summed E-state index contributed by atoms with van der Waals surface area (Å²) in [4.78, 5) is 28.9. The maximum Gasteiger partial charge on any atom is 0.241 e. The second kappa shape index (κ2) is 8.74. The minimum absolute atomic E-state index is 0.0589. The average molecular weight is 400 g/mol. The number of carbonyl (C=O) groups excluding carboxylic acids is 2. The number of nitrogens with one attached hydrogen (secondary N) is 1. The predicted octanol–water partition coefficient (Wildman–Crippen LogP) is 2.60. The Balaban J connectivity index is 1.44. The van der Waals surface area contributed by atoms with Crippen molar-refractivity contribution in [3.8, 4) is 5.75 Å². The van der Waals surface area contributed by atoms with Gasteiger partial charge in [0.1, 0.15) is 5.75 Å². The Morgan fingerprint density at radius 3 is 2.66 bits per heavy atom. The first-order valence-corrected chi connectivity index (χ1v) is 11.0. The summed E-state index contributed by atoms with van der Waals surface area (Å²) in [6, 6.07) is 9.57. The molecule has 3 aliphatic rings. The minimum atomic E-state index is -0.0589. The van der Waals surface area contributed by atoms with Gasteiger partial charge in [0.05, 0.1) is 13.7 Å². The fourth-order valence-electron chi connectivity index (χ4n) is 5.61. The van der Waals surface area contributed by atoms with E-state index in [1.165, 1.54) is 31.2 Å². The monoisotopic (exact) mass is 399 g/mol. The molecule has 1 N–H and O–H groups in total. The van der Waals surface area contributed by atoms with Crippen LogP contribution in [0.15, 0.2) is 24.3 Å². The first kappa shape index (κ1) is 20.2. The van der Waals surface area contributed by atoms with Gasteiger partial charge in [0.2, 0.25) is 11.8 Å². The number of likely N-dealkylation sites (tertiary alicyclic amines) is 1. The number of piperidine rings is 3. The highest BCUT2D eigenvalue weighted by Crippen LogP contribution is 2.44. The van der Waals surface area contributed by atoms with E-state index >= 15 is 0 Å². The van der Waals surface area contributed by atoms with E-state index in [-0.39, 0.29) is 18.4 Å². The average Bonchev–Trinajstić information content (AvgIpc) is 2.76. The molecule has 3 aliphatic heterocycles. The zero-order valence-electron chi connectivity index (χ0n) is 17.6. The number of fused-ring (bicyclic) bond motifs is 4. The molecule has 2 amide bonds.